The monoisotopic (exact) mass is 413 g/mol. The summed E-state index contributed by atoms with van der Waals surface area (Å²) in [6.45, 7) is -0.405. The van der Waals surface area contributed by atoms with E-state index in [1.165, 1.54) is 0 Å². The third kappa shape index (κ3) is 4.70. The van der Waals surface area contributed by atoms with Crippen LogP contribution < -0.4 is 10.1 Å². The van der Waals surface area contributed by atoms with E-state index in [9.17, 15) is 14.4 Å². The summed E-state index contributed by atoms with van der Waals surface area (Å²) in [6.07, 6.45) is 1.69. The first kappa shape index (κ1) is 20.1. The van der Waals surface area contributed by atoms with Gasteiger partial charge in [0.25, 0.3) is 5.91 Å². The van der Waals surface area contributed by atoms with Crippen LogP contribution in [-0.2, 0) is 14.3 Å². The molecule has 0 saturated carbocycles. The number of hydrogen-bond donors (Lipinski definition) is 1. The van der Waals surface area contributed by atoms with Gasteiger partial charge in [-0.1, -0.05) is 60.7 Å². The summed E-state index contributed by atoms with van der Waals surface area (Å²) < 4.78 is 10.7. The molecule has 0 bridgehead atoms. The Hall–Kier alpha value is -4.19. The third-order valence-electron chi connectivity index (χ3n) is 4.71. The lowest BCUT2D eigenvalue weighted by Crippen LogP contribution is -2.24. The Labute approximate surface area is 179 Å². The van der Waals surface area contributed by atoms with E-state index in [-0.39, 0.29) is 12.4 Å². The fraction of sp³-hybridized carbons (Fsp3) is 0.0800. The van der Waals surface area contributed by atoms with E-state index in [2.05, 4.69) is 5.32 Å². The fourth-order valence-electron chi connectivity index (χ4n) is 3.18. The molecule has 0 fully saturated rings. The molecule has 1 N–H and O–H groups in total. The van der Waals surface area contributed by atoms with Crippen LogP contribution in [0, 0.1) is 0 Å². The summed E-state index contributed by atoms with van der Waals surface area (Å²) in [6, 6.07) is 22.8. The Morgan fingerprint density at radius 3 is 2.42 bits per heavy atom. The first-order valence-corrected chi connectivity index (χ1v) is 9.70. The van der Waals surface area contributed by atoms with Gasteiger partial charge in [0.1, 0.15) is 12.4 Å². The number of hydrogen-bond acceptors (Lipinski definition) is 5. The second kappa shape index (κ2) is 9.09. The van der Waals surface area contributed by atoms with Gasteiger partial charge >= 0.3 is 5.97 Å². The molecule has 6 nitrogen and oxygen atoms in total. The molecular formula is C25H19NO5. The summed E-state index contributed by atoms with van der Waals surface area (Å²) in [5.41, 5.74) is 2.32. The predicted molar refractivity (Wildman–Crippen MR) is 116 cm³/mol. The molecule has 1 aliphatic rings. The van der Waals surface area contributed by atoms with Crippen molar-refractivity contribution in [3.05, 3.63) is 101 Å². The maximum absolute atomic E-state index is 12.8. The van der Waals surface area contributed by atoms with Crippen molar-refractivity contribution in [1.29, 1.82) is 0 Å². The van der Waals surface area contributed by atoms with E-state index >= 15 is 0 Å². The quantitative estimate of drug-likeness (QED) is 0.490. The average Bonchev–Trinajstić information content (AvgIpc) is 2.82. The summed E-state index contributed by atoms with van der Waals surface area (Å²) in [5, 5.41) is 2.65. The van der Waals surface area contributed by atoms with E-state index in [4.69, 9.17) is 9.47 Å². The van der Waals surface area contributed by atoms with Crippen molar-refractivity contribution in [2.75, 3.05) is 18.5 Å². The number of rotatable bonds is 6. The third-order valence-corrected chi connectivity index (χ3v) is 4.71. The summed E-state index contributed by atoms with van der Waals surface area (Å²) in [5.74, 6) is -0.689. The van der Waals surface area contributed by atoms with Crippen molar-refractivity contribution in [1.82, 2.24) is 0 Å². The van der Waals surface area contributed by atoms with Crippen LogP contribution in [0.25, 0.3) is 6.08 Å². The first-order valence-electron chi connectivity index (χ1n) is 9.70. The normalized spacial score (nSPS) is 12.1. The lowest BCUT2D eigenvalue weighted by atomic mass is 10.0. The number of anilines is 1. The van der Waals surface area contributed by atoms with Gasteiger partial charge < -0.3 is 14.8 Å². The molecule has 31 heavy (non-hydrogen) atoms. The van der Waals surface area contributed by atoms with Crippen LogP contribution in [0.4, 0.5) is 5.69 Å². The highest BCUT2D eigenvalue weighted by Crippen LogP contribution is 2.26. The maximum atomic E-state index is 12.8. The van der Waals surface area contributed by atoms with Gasteiger partial charge in [-0.3, -0.25) is 9.59 Å². The molecule has 0 radical (unpaired) electrons. The van der Waals surface area contributed by atoms with Crippen molar-refractivity contribution < 1.29 is 23.9 Å². The van der Waals surface area contributed by atoms with Gasteiger partial charge in [0.05, 0.1) is 11.3 Å². The van der Waals surface area contributed by atoms with Crippen LogP contribution in [0.3, 0.4) is 0 Å². The van der Waals surface area contributed by atoms with E-state index in [1.807, 2.05) is 30.3 Å². The van der Waals surface area contributed by atoms with Crippen molar-refractivity contribution in [3.8, 4) is 5.75 Å². The lowest BCUT2D eigenvalue weighted by molar-refractivity contribution is -0.143. The van der Waals surface area contributed by atoms with Crippen molar-refractivity contribution in [3.63, 3.8) is 0 Å². The zero-order valence-electron chi connectivity index (χ0n) is 16.5. The summed E-state index contributed by atoms with van der Waals surface area (Å²) in [4.78, 5) is 37.4. The Kier molecular flexibility index (Phi) is 5.89. The number of carbonyl (C=O) groups is 3. The molecule has 0 aromatic heterocycles. The topological polar surface area (TPSA) is 81.7 Å². The number of amides is 1. The highest BCUT2D eigenvalue weighted by molar-refractivity contribution is 6.14. The maximum Gasteiger partial charge on any atom is 0.338 e. The minimum atomic E-state index is -0.627. The summed E-state index contributed by atoms with van der Waals surface area (Å²) >= 11 is 0. The lowest BCUT2D eigenvalue weighted by Gasteiger charge is -2.17. The molecular weight excluding hydrogens is 394 g/mol. The molecule has 3 aromatic carbocycles. The number of para-hydroxylation sites is 2. The average molecular weight is 413 g/mol. The molecule has 0 saturated heterocycles. The number of benzene rings is 3. The van der Waals surface area contributed by atoms with Gasteiger partial charge in [0.15, 0.2) is 12.4 Å². The van der Waals surface area contributed by atoms with Crippen LogP contribution in [-0.4, -0.2) is 30.9 Å². The Morgan fingerprint density at radius 2 is 1.58 bits per heavy atom. The van der Waals surface area contributed by atoms with Crippen molar-refractivity contribution >= 4 is 29.4 Å². The number of ether oxygens (including phenoxy) is 2. The standard InChI is InChI=1S/C25H19NO5/c27-23(16-31-25(29)19-14-18-10-4-7-13-22(18)30-15-19)26-21-12-6-5-11-20(21)24(28)17-8-2-1-3-9-17/h1-14H,15-16H2,(H,26,27). The molecule has 3 aromatic rings. The minimum absolute atomic E-state index is 0.0753. The second-order valence-corrected chi connectivity index (χ2v) is 6.86. The molecule has 1 amide bonds. The molecule has 0 atom stereocenters. The molecule has 0 unspecified atom stereocenters. The fourth-order valence-corrected chi connectivity index (χ4v) is 3.18. The molecule has 0 aliphatic carbocycles. The predicted octanol–water partition coefficient (Wildman–Crippen LogP) is 3.88. The van der Waals surface area contributed by atoms with Gasteiger partial charge in [0, 0.05) is 16.7 Å². The Bertz CT molecular complexity index is 1170. The Balaban J connectivity index is 1.39. The molecule has 1 aliphatic heterocycles. The van der Waals surface area contributed by atoms with E-state index in [0.717, 1.165) is 5.56 Å². The van der Waals surface area contributed by atoms with Crippen LogP contribution >= 0.6 is 0 Å². The number of carbonyl (C=O) groups excluding carboxylic acids is 3. The molecule has 6 heteroatoms. The molecule has 0 spiro atoms. The first-order chi connectivity index (χ1) is 15.1. The zero-order chi connectivity index (χ0) is 21.6. The van der Waals surface area contributed by atoms with Crippen LogP contribution in [0.5, 0.6) is 5.75 Å². The molecule has 154 valence electrons. The highest BCUT2D eigenvalue weighted by atomic mass is 16.5. The van der Waals surface area contributed by atoms with E-state index in [0.29, 0.717) is 28.1 Å². The Morgan fingerprint density at radius 1 is 0.871 bits per heavy atom. The van der Waals surface area contributed by atoms with E-state index < -0.39 is 18.5 Å². The molecule has 4 rings (SSSR count). The van der Waals surface area contributed by atoms with Gasteiger partial charge in [-0.15, -0.1) is 0 Å². The zero-order valence-corrected chi connectivity index (χ0v) is 16.5. The van der Waals surface area contributed by atoms with Crippen molar-refractivity contribution in [2.24, 2.45) is 0 Å². The SMILES string of the molecule is O=C(COC(=O)C1=Cc2ccccc2OC1)Nc1ccccc1C(=O)c1ccccc1. The minimum Gasteiger partial charge on any atom is -0.488 e. The van der Waals surface area contributed by atoms with Gasteiger partial charge in [0.2, 0.25) is 0 Å². The van der Waals surface area contributed by atoms with Crippen LogP contribution in [0.1, 0.15) is 21.5 Å². The largest absolute Gasteiger partial charge is 0.488 e. The summed E-state index contributed by atoms with van der Waals surface area (Å²) in [7, 11) is 0. The molecule has 1 heterocycles. The second-order valence-electron chi connectivity index (χ2n) is 6.86. The number of fused-ring (bicyclic) bond motifs is 1. The van der Waals surface area contributed by atoms with Gasteiger partial charge in [-0.25, -0.2) is 4.79 Å². The van der Waals surface area contributed by atoms with Crippen molar-refractivity contribution in [2.45, 2.75) is 0 Å². The van der Waals surface area contributed by atoms with Crippen LogP contribution in [0.2, 0.25) is 0 Å². The highest BCUT2D eigenvalue weighted by Gasteiger charge is 2.20. The number of esters is 1. The number of nitrogens with one attached hydrogen (secondary N) is 1. The van der Waals surface area contributed by atoms with Gasteiger partial charge in [-0.05, 0) is 24.3 Å². The van der Waals surface area contributed by atoms with Gasteiger partial charge in [-0.2, -0.15) is 0 Å². The van der Waals surface area contributed by atoms with Crippen LogP contribution in [0.15, 0.2) is 84.4 Å². The number of ketones is 1. The smallest absolute Gasteiger partial charge is 0.338 e. The van der Waals surface area contributed by atoms with E-state index in [1.54, 1.807) is 54.6 Å².